The first-order chi connectivity index (χ1) is 12.6. The summed E-state index contributed by atoms with van der Waals surface area (Å²) in [5.74, 6) is 1.40. The van der Waals surface area contributed by atoms with Gasteiger partial charge in [0.15, 0.2) is 0 Å². The van der Waals surface area contributed by atoms with Crippen LogP contribution in [0.4, 0.5) is 5.69 Å². The molecule has 134 valence electrons. The second-order valence-corrected chi connectivity index (χ2v) is 7.50. The van der Waals surface area contributed by atoms with Crippen LogP contribution in [0.5, 0.6) is 5.75 Å². The number of amides is 1. The molecule has 0 aromatic heterocycles. The Hall–Kier alpha value is -2.26. The highest BCUT2D eigenvalue weighted by Crippen LogP contribution is 2.41. The summed E-state index contributed by atoms with van der Waals surface area (Å²) in [6.45, 7) is 1.95. The average molecular weight is 368 g/mol. The molecule has 0 unspecified atom stereocenters. The van der Waals surface area contributed by atoms with Crippen molar-refractivity contribution < 1.29 is 9.53 Å². The third-order valence-corrected chi connectivity index (χ3v) is 5.93. The van der Waals surface area contributed by atoms with Crippen LogP contribution in [-0.2, 0) is 4.79 Å². The third-order valence-electron chi connectivity index (χ3n) is 5.52. The average Bonchev–Trinajstić information content (AvgIpc) is 3.27. The van der Waals surface area contributed by atoms with E-state index in [0.29, 0.717) is 16.5 Å². The van der Waals surface area contributed by atoms with E-state index in [9.17, 15) is 4.79 Å². The summed E-state index contributed by atoms with van der Waals surface area (Å²) in [4.78, 5) is 12.5. The highest BCUT2D eigenvalue weighted by Gasteiger charge is 2.27. The Morgan fingerprint density at radius 3 is 2.69 bits per heavy atom. The van der Waals surface area contributed by atoms with Crippen molar-refractivity contribution in [1.29, 1.82) is 0 Å². The zero-order chi connectivity index (χ0) is 18.3. The molecular formula is C22H22ClNO2. The van der Waals surface area contributed by atoms with Gasteiger partial charge in [-0.25, -0.2) is 0 Å². The number of benzene rings is 2. The van der Waals surface area contributed by atoms with E-state index in [1.165, 1.54) is 31.2 Å². The van der Waals surface area contributed by atoms with Crippen molar-refractivity contribution in [3.63, 3.8) is 0 Å². The molecule has 0 bridgehead atoms. The fourth-order valence-corrected chi connectivity index (χ4v) is 4.30. The van der Waals surface area contributed by atoms with Crippen molar-refractivity contribution in [3.8, 4) is 5.75 Å². The van der Waals surface area contributed by atoms with E-state index in [0.717, 1.165) is 28.1 Å². The Morgan fingerprint density at radius 1 is 1.19 bits per heavy atom. The van der Waals surface area contributed by atoms with Gasteiger partial charge >= 0.3 is 0 Å². The van der Waals surface area contributed by atoms with E-state index in [2.05, 4.69) is 11.4 Å². The van der Waals surface area contributed by atoms with E-state index < -0.39 is 0 Å². The van der Waals surface area contributed by atoms with E-state index in [1.54, 1.807) is 7.11 Å². The molecule has 2 aliphatic rings. The number of anilines is 1. The number of methoxy groups -OCH3 is 1. The second kappa shape index (κ2) is 6.81. The van der Waals surface area contributed by atoms with Gasteiger partial charge in [0.2, 0.25) is 0 Å². The summed E-state index contributed by atoms with van der Waals surface area (Å²) in [5, 5.41) is 3.61. The van der Waals surface area contributed by atoms with E-state index in [-0.39, 0.29) is 5.91 Å². The minimum atomic E-state index is -0.0800. The lowest BCUT2D eigenvalue weighted by atomic mass is 9.93. The predicted octanol–water partition coefficient (Wildman–Crippen LogP) is 5.81. The van der Waals surface area contributed by atoms with Crippen LogP contribution in [0.25, 0.3) is 11.6 Å². The topological polar surface area (TPSA) is 38.3 Å². The number of hydrogen-bond acceptors (Lipinski definition) is 2. The Kier molecular flexibility index (Phi) is 4.49. The van der Waals surface area contributed by atoms with Crippen LogP contribution in [0.15, 0.2) is 30.3 Å². The number of fused-ring (bicyclic) bond motifs is 1. The van der Waals surface area contributed by atoms with Gasteiger partial charge < -0.3 is 10.1 Å². The molecule has 2 aromatic rings. The van der Waals surface area contributed by atoms with Crippen molar-refractivity contribution >= 4 is 34.8 Å². The number of nitrogens with one attached hydrogen (secondary N) is 1. The minimum Gasteiger partial charge on any atom is -0.496 e. The molecule has 0 saturated heterocycles. The molecule has 4 rings (SSSR count). The third kappa shape index (κ3) is 2.90. The maximum Gasteiger partial charge on any atom is 0.256 e. The van der Waals surface area contributed by atoms with Crippen LogP contribution in [0.3, 0.4) is 0 Å². The Balaban J connectivity index is 1.79. The van der Waals surface area contributed by atoms with Crippen LogP contribution < -0.4 is 10.1 Å². The van der Waals surface area contributed by atoms with Crippen molar-refractivity contribution in [3.05, 3.63) is 57.6 Å². The molecule has 1 N–H and O–H groups in total. The normalized spacial score (nSPS) is 18.3. The second-order valence-electron chi connectivity index (χ2n) is 7.09. The fraction of sp³-hybridized carbons (Fsp3) is 0.318. The largest absolute Gasteiger partial charge is 0.496 e. The van der Waals surface area contributed by atoms with Crippen molar-refractivity contribution in [2.24, 2.45) is 0 Å². The summed E-state index contributed by atoms with van der Waals surface area (Å²) >= 11 is 6.28. The van der Waals surface area contributed by atoms with Crippen LogP contribution in [0, 0.1) is 6.92 Å². The Labute approximate surface area is 159 Å². The number of rotatable bonds is 3. The molecule has 0 spiro atoms. The van der Waals surface area contributed by atoms with Crippen molar-refractivity contribution in [2.45, 2.75) is 38.5 Å². The van der Waals surface area contributed by atoms with Crippen LogP contribution in [0.1, 0.15) is 53.9 Å². The molecule has 0 atom stereocenters. The van der Waals surface area contributed by atoms with Crippen molar-refractivity contribution in [2.75, 3.05) is 12.4 Å². The maximum absolute atomic E-state index is 12.5. The van der Waals surface area contributed by atoms with Gasteiger partial charge in [0.25, 0.3) is 5.91 Å². The Morgan fingerprint density at radius 2 is 1.96 bits per heavy atom. The molecule has 4 heteroatoms. The van der Waals surface area contributed by atoms with Gasteiger partial charge in [-0.3, -0.25) is 4.79 Å². The van der Waals surface area contributed by atoms with Crippen LogP contribution in [-0.4, -0.2) is 13.0 Å². The number of carbonyl (C=O) groups is 1. The van der Waals surface area contributed by atoms with Gasteiger partial charge in [0.1, 0.15) is 5.75 Å². The number of hydrogen-bond donors (Lipinski definition) is 1. The summed E-state index contributed by atoms with van der Waals surface area (Å²) in [6, 6.07) is 9.88. The van der Waals surface area contributed by atoms with Gasteiger partial charge in [-0.05, 0) is 72.7 Å². The molecule has 1 aliphatic carbocycles. The number of ether oxygens (including phenoxy) is 1. The summed E-state index contributed by atoms with van der Waals surface area (Å²) in [7, 11) is 1.72. The molecule has 1 aliphatic heterocycles. The molecule has 1 amide bonds. The lowest BCUT2D eigenvalue weighted by Crippen LogP contribution is -2.04. The predicted molar refractivity (Wildman–Crippen MR) is 107 cm³/mol. The van der Waals surface area contributed by atoms with E-state index in [4.69, 9.17) is 16.3 Å². The van der Waals surface area contributed by atoms with Gasteiger partial charge in [-0.15, -0.1) is 0 Å². The minimum absolute atomic E-state index is 0.0800. The number of halogens is 1. The van der Waals surface area contributed by atoms with Crippen LogP contribution in [0.2, 0.25) is 5.02 Å². The highest BCUT2D eigenvalue weighted by atomic mass is 35.5. The molecular weight excluding hydrogens is 346 g/mol. The quantitative estimate of drug-likeness (QED) is 0.695. The zero-order valence-corrected chi connectivity index (χ0v) is 15.8. The molecule has 1 fully saturated rings. The molecule has 0 radical (unpaired) electrons. The fourth-order valence-electron chi connectivity index (χ4n) is 4.14. The van der Waals surface area contributed by atoms with Gasteiger partial charge in [0, 0.05) is 21.8 Å². The molecule has 1 saturated carbocycles. The highest BCUT2D eigenvalue weighted by molar-refractivity contribution is 6.37. The monoisotopic (exact) mass is 367 g/mol. The van der Waals surface area contributed by atoms with Crippen molar-refractivity contribution in [1.82, 2.24) is 0 Å². The van der Waals surface area contributed by atoms with E-state index >= 15 is 0 Å². The lowest BCUT2D eigenvalue weighted by Gasteiger charge is -2.15. The van der Waals surface area contributed by atoms with Gasteiger partial charge in [-0.1, -0.05) is 30.5 Å². The van der Waals surface area contributed by atoms with Crippen LogP contribution >= 0.6 is 11.6 Å². The lowest BCUT2D eigenvalue weighted by molar-refractivity contribution is -0.110. The smallest absolute Gasteiger partial charge is 0.256 e. The molecule has 1 heterocycles. The molecule has 26 heavy (non-hydrogen) atoms. The number of carbonyl (C=O) groups excluding carboxylic acids is 1. The SMILES string of the molecule is COc1ccc(/C=C2\C(=O)Nc3ccc(Cl)c(C)c32)cc1C1CCCC1. The first-order valence-corrected chi connectivity index (χ1v) is 9.46. The first-order valence-electron chi connectivity index (χ1n) is 9.09. The Bertz CT molecular complexity index is 911. The summed E-state index contributed by atoms with van der Waals surface area (Å²) in [6.07, 6.45) is 6.91. The first kappa shape index (κ1) is 17.2. The summed E-state index contributed by atoms with van der Waals surface area (Å²) < 4.78 is 5.58. The molecule has 2 aromatic carbocycles. The van der Waals surface area contributed by atoms with Gasteiger partial charge in [0.05, 0.1) is 7.11 Å². The molecule has 3 nitrogen and oxygen atoms in total. The zero-order valence-electron chi connectivity index (χ0n) is 15.1. The van der Waals surface area contributed by atoms with Gasteiger partial charge in [-0.2, -0.15) is 0 Å². The van der Waals surface area contributed by atoms with E-state index in [1.807, 2.05) is 37.3 Å². The maximum atomic E-state index is 12.5. The summed E-state index contributed by atoms with van der Waals surface area (Å²) in [5.41, 5.74) is 5.60. The standard InChI is InChI=1S/C22H22ClNO2/c1-13-18(23)8-9-19-21(13)17(22(25)24-19)12-14-7-10-20(26-2)16(11-14)15-5-3-4-6-15/h7-12,15H,3-6H2,1-2H3,(H,24,25)/b17-12-.